The third-order valence-corrected chi connectivity index (χ3v) is 5.05. The van der Waals surface area contributed by atoms with Crippen molar-refractivity contribution < 1.29 is 0 Å². The van der Waals surface area contributed by atoms with Crippen LogP contribution in [-0.2, 0) is 5.54 Å². The van der Waals surface area contributed by atoms with Crippen LogP contribution in [0, 0.1) is 12.3 Å². The van der Waals surface area contributed by atoms with E-state index in [1.165, 1.54) is 0 Å². The number of nitrogens with two attached hydrogens (primary N) is 1. The fourth-order valence-corrected chi connectivity index (χ4v) is 3.54. The average molecular weight is 329 g/mol. The van der Waals surface area contributed by atoms with Crippen LogP contribution in [-0.4, -0.2) is 11.9 Å². The molecule has 0 aromatic heterocycles. The average Bonchev–Trinajstić information content (AvgIpc) is 2.61. The van der Waals surface area contributed by atoms with E-state index in [1.54, 1.807) is 0 Å². The molecule has 0 saturated carbocycles. The lowest BCUT2D eigenvalue weighted by molar-refractivity contribution is 0.233. The quantitative estimate of drug-likeness (QED) is 0.651. The molecular weight excluding hydrogens is 306 g/mol. The standard InChI is InChI=1S/C22H23N3/c1-6-17-8-7-9-19(14-17)22(4)21(15(2)25(5)16(3)24-22)18-10-12-20(23)13-11-18/h1,7-14,21,24H,2-3,23H2,4-5H3/t21?,22-/m1/s1. The smallest absolute Gasteiger partial charge is 0.0985 e. The summed E-state index contributed by atoms with van der Waals surface area (Å²) in [7, 11) is 1.97. The van der Waals surface area contributed by atoms with Gasteiger partial charge in [0.15, 0.2) is 0 Å². The van der Waals surface area contributed by atoms with Gasteiger partial charge in [0.05, 0.1) is 17.3 Å². The van der Waals surface area contributed by atoms with Gasteiger partial charge in [-0.05, 0) is 42.3 Å². The van der Waals surface area contributed by atoms with E-state index in [2.05, 4.69) is 49.5 Å². The molecule has 0 bridgehead atoms. The molecule has 3 heteroatoms. The van der Waals surface area contributed by atoms with E-state index < -0.39 is 5.54 Å². The summed E-state index contributed by atoms with van der Waals surface area (Å²) in [6.07, 6.45) is 5.60. The van der Waals surface area contributed by atoms with E-state index in [4.69, 9.17) is 12.2 Å². The first kappa shape index (κ1) is 16.7. The molecule has 2 aromatic carbocycles. The fraction of sp³-hybridized carbons (Fsp3) is 0.182. The van der Waals surface area contributed by atoms with Gasteiger partial charge < -0.3 is 16.0 Å². The molecule has 1 heterocycles. The zero-order valence-electron chi connectivity index (χ0n) is 14.7. The van der Waals surface area contributed by atoms with Crippen LogP contribution in [0.25, 0.3) is 0 Å². The van der Waals surface area contributed by atoms with Crippen LogP contribution in [0.1, 0.15) is 29.5 Å². The fourth-order valence-electron chi connectivity index (χ4n) is 3.54. The van der Waals surface area contributed by atoms with Crippen molar-refractivity contribution in [3.8, 4) is 12.3 Å². The number of terminal acetylenes is 1. The van der Waals surface area contributed by atoms with Gasteiger partial charge in [0, 0.05) is 24.0 Å². The Hall–Kier alpha value is -3.12. The molecule has 0 amide bonds. The van der Waals surface area contributed by atoms with Crippen molar-refractivity contribution in [3.05, 3.63) is 89.9 Å². The summed E-state index contributed by atoms with van der Waals surface area (Å²) in [5, 5.41) is 3.57. The van der Waals surface area contributed by atoms with Crippen LogP contribution in [0.5, 0.6) is 0 Å². The second-order valence-corrected chi connectivity index (χ2v) is 6.65. The zero-order chi connectivity index (χ0) is 18.2. The van der Waals surface area contributed by atoms with Gasteiger partial charge in [-0.1, -0.05) is 43.3 Å². The number of benzene rings is 2. The minimum Gasteiger partial charge on any atom is -0.399 e. The first-order valence-corrected chi connectivity index (χ1v) is 8.19. The third kappa shape index (κ3) is 2.77. The van der Waals surface area contributed by atoms with Gasteiger partial charge in [-0.15, -0.1) is 6.42 Å². The Kier molecular flexibility index (Phi) is 4.06. The third-order valence-electron chi connectivity index (χ3n) is 5.05. The monoisotopic (exact) mass is 329 g/mol. The van der Waals surface area contributed by atoms with Crippen molar-refractivity contribution in [3.63, 3.8) is 0 Å². The largest absolute Gasteiger partial charge is 0.399 e. The molecule has 1 unspecified atom stereocenters. The highest BCUT2D eigenvalue weighted by atomic mass is 15.3. The summed E-state index contributed by atoms with van der Waals surface area (Å²) >= 11 is 0. The lowest BCUT2D eigenvalue weighted by atomic mass is 9.72. The predicted octanol–water partition coefficient (Wildman–Crippen LogP) is 3.77. The predicted molar refractivity (Wildman–Crippen MR) is 105 cm³/mol. The maximum absolute atomic E-state index is 5.87. The molecule has 1 fully saturated rings. The maximum atomic E-state index is 5.87. The van der Waals surface area contributed by atoms with Crippen molar-refractivity contribution >= 4 is 5.69 Å². The molecule has 0 radical (unpaired) electrons. The molecule has 1 aliphatic rings. The topological polar surface area (TPSA) is 41.3 Å². The summed E-state index contributed by atoms with van der Waals surface area (Å²) in [6.45, 7) is 10.6. The Morgan fingerprint density at radius 2 is 1.88 bits per heavy atom. The zero-order valence-corrected chi connectivity index (χ0v) is 14.7. The summed E-state index contributed by atoms with van der Waals surface area (Å²) in [4.78, 5) is 1.99. The van der Waals surface area contributed by atoms with Gasteiger partial charge in [-0.3, -0.25) is 0 Å². The van der Waals surface area contributed by atoms with E-state index >= 15 is 0 Å². The minimum absolute atomic E-state index is 0.0108. The lowest BCUT2D eigenvalue weighted by Crippen LogP contribution is -2.53. The summed E-state index contributed by atoms with van der Waals surface area (Å²) in [5.41, 5.74) is 10.3. The molecule has 3 nitrogen and oxygen atoms in total. The van der Waals surface area contributed by atoms with E-state index in [0.29, 0.717) is 0 Å². The highest BCUT2D eigenvalue weighted by Crippen LogP contribution is 2.46. The number of nitrogen functional groups attached to an aromatic ring is 1. The van der Waals surface area contributed by atoms with Crippen LogP contribution < -0.4 is 11.1 Å². The second kappa shape index (κ2) is 6.07. The van der Waals surface area contributed by atoms with Gasteiger partial charge in [0.1, 0.15) is 0 Å². The Morgan fingerprint density at radius 1 is 1.20 bits per heavy atom. The number of nitrogens with zero attached hydrogens (tertiary/aromatic N) is 1. The van der Waals surface area contributed by atoms with Gasteiger partial charge >= 0.3 is 0 Å². The molecule has 3 rings (SSSR count). The molecular formula is C22H23N3. The van der Waals surface area contributed by atoms with Crippen molar-refractivity contribution in [2.75, 3.05) is 12.8 Å². The molecule has 0 aliphatic carbocycles. The maximum Gasteiger partial charge on any atom is 0.0985 e. The van der Waals surface area contributed by atoms with Crippen LogP contribution >= 0.6 is 0 Å². The molecule has 1 aliphatic heterocycles. The molecule has 2 aromatic rings. The number of nitrogens with one attached hydrogen (secondary N) is 1. The van der Waals surface area contributed by atoms with E-state index in [0.717, 1.165) is 33.9 Å². The normalized spacial score (nSPS) is 23.1. The van der Waals surface area contributed by atoms with Crippen LogP contribution in [0.2, 0.25) is 0 Å². The number of likely N-dealkylation sites (N-methyl/N-ethyl adjacent to an activating group) is 1. The number of rotatable bonds is 2. The second-order valence-electron chi connectivity index (χ2n) is 6.65. The van der Waals surface area contributed by atoms with Gasteiger partial charge in [-0.2, -0.15) is 0 Å². The molecule has 3 N–H and O–H groups in total. The van der Waals surface area contributed by atoms with E-state index in [9.17, 15) is 0 Å². The highest BCUT2D eigenvalue weighted by molar-refractivity contribution is 5.48. The summed E-state index contributed by atoms with van der Waals surface area (Å²) in [6, 6.07) is 16.0. The van der Waals surface area contributed by atoms with Crippen LogP contribution in [0.4, 0.5) is 5.69 Å². The van der Waals surface area contributed by atoms with Gasteiger partial charge in [0.25, 0.3) is 0 Å². The highest BCUT2D eigenvalue weighted by Gasteiger charge is 2.44. The van der Waals surface area contributed by atoms with Crippen molar-refractivity contribution in [2.24, 2.45) is 0 Å². The molecule has 126 valence electrons. The molecule has 0 spiro atoms. The molecule has 2 atom stereocenters. The van der Waals surface area contributed by atoms with Gasteiger partial charge in [-0.25, -0.2) is 0 Å². The van der Waals surface area contributed by atoms with Crippen molar-refractivity contribution in [2.45, 2.75) is 18.4 Å². The lowest BCUT2D eigenvalue weighted by Gasteiger charge is -2.49. The minimum atomic E-state index is -0.427. The molecule has 25 heavy (non-hydrogen) atoms. The Balaban J connectivity index is 2.18. The van der Waals surface area contributed by atoms with Crippen LogP contribution in [0.3, 0.4) is 0 Å². The summed E-state index contributed by atoms with van der Waals surface area (Å²) in [5.74, 6) is 3.54. The van der Waals surface area contributed by atoms with Gasteiger partial charge in [0.2, 0.25) is 0 Å². The molecule has 1 saturated heterocycles. The van der Waals surface area contributed by atoms with Crippen molar-refractivity contribution in [1.82, 2.24) is 10.2 Å². The first-order valence-electron chi connectivity index (χ1n) is 8.19. The number of anilines is 1. The number of hydrogen-bond donors (Lipinski definition) is 2. The Labute approximate surface area is 149 Å². The van der Waals surface area contributed by atoms with Crippen molar-refractivity contribution in [1.29, 1.82) is 0 Å². The Bertz CT molecular complexity index is 873. The van der Waals surface area contributed by atoms with E-state index in [-0.39, 0.29) is 5.92 Å². The van der Waals surface area contributed by atoms with E-state index in [1.807, 2.05) is 42.3 Å². The number of hydrogen-bond acceptors (Lipinski definition) is 3. The Morgan fingerprint density at radius 3 is 2.52 bits per heavy atom. The van der Waals surface area contributed by atoms with Crippen LogP contribution in [0.15, 0.2) is 73.2 Å². The summed E-state index contributed by atoms with van der Waals surface area (Å²) < 4.78 is 0. The SMILES string of the molecule is C#Cc1cccc([C@@]2(C)NC(=C)N(C)C(=C)C2c2ccc(N)cc2)c1. The first-order chi connectivity index (χ1) is 11.9.